The monoisotopic (exact) mass is 395 g/mol. The summed E-state index contributed by atoms with van der Waals surface area (Å²) in [5.74, 6) is -4.17. The molecule has 5 N–H and O–H groups in total. The molecule has 0 heterocycles. The fraction of sp³-hybridized carbons (Fsp3) is 0.471. The number of rotatable bonds is 10. The van der Waals surface area contributed by atoms with E-state index in [4.69, 9.17) is 17.7 Å². The minimum atomic E-state index is -1.98. The van der Waals surface area contributed by atoms with E-state index >= 15 is 0 Å². The summed E-state index contributed by atoms with van der Waals surface area (Å²) in [6, 6.07) is 4.16. The molecule has 4 unspecified atom stereocenters. The van der Waals surface area contributed by atoms with E-state index in [-0.39, 0.29) is 24.5 Å². The number of benzene rings is 1. The van der Waals surface area contributed by atoms with Crippen molar-refractivity contribution in [1.29, 1.82) is 0 Å². The molecule has 0 aromatic heterocycles. The van der Waals surface area contributed by atoms with Gasteiger partial charge in [0.1, 0.15) is 18.5 Å². The first kappa shape index (κ1) is 23.4. The second kappa shape index (κ2) is 10.6. The zero-order chi connectivity index (χ0) is 21.4. The highest BCUT2D eigenvalue weighted by atomic mass is 16.6. The molecular formula is C17H22BNO9. The van der Waals surface area contributed by atoms with Gasteiger partial charge in [-0.05, 0) is 24.1 Å². The van der Waals surface area contributed by atoms with E-state index in [0.29, 0.717) is 5.56 Å². The average Bonchev–Trinajstić information content (AvgIpc) is 2.60. The number of aliphatic carboxylic acids is 1. The molecule has 0 aliphatic heterocycles. The fourth-order valence-electron chi connectivity index (χ4n) is 2.38. The topological polar surface area (TPSA) is 163 Å². The molecule has 0 aliphatic carbocycles. The quantitative estimate of drug-likeness (QED) is 0.271. The number of nitrogens with one attached hydrogen (secondary N) is 1. The van der Waals surface area contributed by atoms with E-state index in [0.717, 1.165) is 0 Å². The summed E-state index contributed by atoms with van der Waals surface area (Å²) in [7, 11) is 4.89. The number of anilines is 1. The van der Waals surface area contributed by atoms with Crippen LogP contribution in [0.1, 0.15) is 25.8 Å². The molecule has 11 heteroatoms. The summed E-state index contributed by atoms with van der Waals surface area (Å²) in [5.41, 5.74) is 0.533. The van der Waals surface area contributed by atoms with Crippen molar-refractivity contribution in [3.63, 3.8) is 0 Å². The van der Waals surface area contributed by atoms with E-state index in [1.54, 1.807) is 0 Å². The van der Waals surface area contributed by atoms with Crippen LogP contribution >= 0.6 is 0 Å². The third-order valence-corrected chi connectivity index (χ3v) is 3.79. The summed E-state index contributed by atoms with van der Waals surface area (Å²) >= 11 is 0. The third kappa shape index (κ3) is 6.84. The molecule has 152 valence electrons. The second-order valence-electron chi connectivity index (χ2n) is 5.96. The van der Waals surface area contributed by atoms with Gasteiger partial charge in [-0.3, -0.25) is 14.4 Å². The molecule has 2 radical (unpaired) electrons. The van der Waals surface area contributed by atoms with Crippen LogP contribution in [0.25, 0.3) is 0 Å². The van der Waals surface area contributed by atoms with Gasteiger partial charge in [-0.25, -0.2) is 0 Å². The van der Waals surface area contributed by atoms with Crippen LogP contribution in [0.3, 0.4) is 0 Å². The maximum atomic E-state index is 11.4. The minimum absolute atomic E-state index is 0.0198. The Bertz CT molecular complexity index is 712. The Hall–Kier alpha value is -2.63. The molecule has 1 amide bonds. The maximum Gasteiger partial charge on any atom is 0.309 e. The lowest BCUT2D eigenvalue weighted by atomic mass is 9.95. The van der Waals surface area contributed by atoms with Gasteiger partial charge in [-0.1, -0.05) is 13.0 Å². The molecule has 1 aromatic rings. The predicted molar refractivity (Wildman–Crippen MR) is 96.7 cm³/mol. The van der Waals surface area contributed by atoms with Crippen molar-refractivity contribution in [3.8, 4) is 5.75 Å². The molecule has 1 aromatic carbocycles. The Morgan fingerprint density at radius 3 is 2.32 bits per heavy atom. The van der Waals surface area contributed by atoms with Crippen molar-refractivity contribution in [2.24, 2.45) is 5.92 Å². The Labute approximate surface area is 162 Å². The summed E-state index contributed by atoms with van der Waals surface area (Å²) in [6.07, 6.45) is -5.68. The first-order chi connectivity index (χ1) is 13.1. The lowest BCUT2D eigenvalue weighted by Crippen LogP contribution is -2.46. The smallest absolute Gasteiger partial charge is 0.309 e. The molecule has 0 fully saturated rings. The highest BCUT2D eigenvalue weighted by Crippen LogP contribution is 2.28. The number of ether oxygens (including phenoxy) is 2. The van der Waals surface area contributed by atoms with Crippen LogP contribution in [-0.4, -0.2) is 64.5 Å². The van der Waals surface area contributed by atoms with Crippen molar-refractivity contribution in [1.82, 2.24) is 0 Å². The van der Waals surface area contributed by atoms with Crippen LogP contribution < -0.4 is 10.1 Å². The Morgan fingerprint density at radius 1 is 1.18 bits per heavy atom. The van der Waals surface area contributed by atoms with Gasteiger partial charge in [0.05, 0.1) is 17.7 Å². The van der Waals surface area contributed by atoms with E-state index < -0.39 is 42.2 Å². The molecule has 4 atom stereocenters. The number of amides is 1. The third-order valence-electron chi connectivity index (χ3n) is 3.79. The molecule has 0 saturated heterocycles. The number of carboxylic acid groups (broad SMARTS) is 1. The van der Waals surface area contributed by atoms with Gasteiger partial charge in [0, 0.05) is 6.92 Å². The highest BCUT2D eigenvalue weighted by molar-refractivity contribution is 6.55. The molecule has 0 spiro atoms. The highest BCUT2D eigenvalue weighted by Gasteiger charge is 2.35. The molecule has 0 saturated carbocycles. The largest absolute Gasteiger partial charge is 0.481 e. The number of carboxylic acids is 1. The summed E-state index contributed by atoms with van der Waals surface area (Å²) < 4.78 is 9.84. The van der Waals surface area contributed by atoms with Crippen LogP contribution in [0.15, 0.2) is 18.2 Å². The number of aliphatic hydroxyl groups excluding tert-OH is 3. The van der Waals surface area contributed by atoms with E-state index in [9.17, 15) is 29.7 Å². The maximum absolute atomic E-state index is 11.4. The number of hydrogen-bond donors (Lipinski definition) is 5. The normalized spacial score (nSPS) is 15.0. The first-order valence-corrected chi connectivity index (χ1v) is 8.33. The van der Waals surface area contributed by atoms with Gasteiger partial charge in [-0.2, -0.15) is 0 Å². The zero-order valence-corrected chi connectivity index (χ0v) is 15.4. The number of carbonyl (C=O) groups excluding carboxylic acids is 2. The van der Waals surface area contributed by atoms with Crippen LogP contribution in [0.5, 0.6) is 5.75 Å². The van der Waals surface area contributed by atoms with Crippen LogP contribution in [0, 0.1) is 5.92 Å². The van der Waals surface area contributed by atoms with Crippen molar-refractivity contribution >= 4 is 31.3 Å². The van der Waals surface area contributed by atoms with Crippen LogP contribution in [-0.2, 0) is 20.9 Å². The zero-order valence-electron chi connectivity index (χ0n) is 15.4. The molecular weight excluding hydrogens is 373 g/mol. The Balaban J connectivity index is 2.99. The molecule has 0 bridgehead atoms. The van der Waals surface area contributed by atoms with Crippen molar-refractivity contribution in [3.05, 3.63) is 23.8 Å². The number of hydrogen-bond acceptors (Lipinski definition) is 8. The first-order valence-electron chi connectivity index (χ1n) is 8.33. The Kier molecular flexibility index (Phi) is 8.90. The summed E-state index contributed by atoms with van der Waals surface area (Å²) in [4.78, 5) is 33.2. The second-order valence-corrected chi connectivity index (χ2v) is 5.96. The van der Waals surface area contributed by atoms with Gasteiger partial charge in [0.25, 0.3) is 0 Å². The van der Waals surface area contributed by atoms with Crippen molar-refractivity contribution < 1.29 is 44.3 Å². The Morgan fingerprint density at radius 2 is 1.82 bits per heavy atom. The molecule has 1 rings (SSSR count). The van der Waals surface area contributed by atoms with Crippen molar-refractivity contribution in [2.75, 3.05) is 5.32 Å². The lowest BCUT2D eigenvalue weighted by Gasteiger charge is -2.27. The predicted octanol–water partition coefficient (Wildman–Crippen LogP) is -0.0201. The van der Waals surface area contributed by atoms with E-state index in [1.165, 1.54) is 32.0 Å². The lowest BCUT2D eigenvalue weighted by molar-refractivity contribution is -0.169. The average molecular weight is 395 g/mol. The molecule has 10 nitrogen and oxygen atoms in total. The van der Waals surface area contributed by atoms with Gasteiger partial charge >= 0.3 is 5.97 Å². The molecule has 28 heavy (non-hydrogen) atoms. The summed E-state index contributed by atoms with van der Waals surface area (Å²) in [6.45, 7) is 2.55. The van der Waals surface area contributed by atoms with Gasteiger partial charge in [0.2, 0.25) is 25.9 Å². The SMILES string of the molecule is [B]C(=O)OCc1ccc(OC(O)C(O)C(O)C(CC)C(=O)O)c(NC(C)=O)c1. The number of carbonyl (C=O) groups is 3. The summed E-state index contributed by atoms with van der Waals surface area (Å²) in [5, 5.41) is 41.5. The molecule has 0 aliphatic rings. The fourth-order valence-corrected chi connectivity index (χ4v) is 2.38. The van der Waals surface area contributed by atoms with Crippen LogP contribution in [0.4, 0.5) is 10.5 Å². The number of aliphatic hydroxyl groups is 3. The van der Waals surface area contributed by atoms with E-state index in [2.05, 4.69) is 10.1 Å². The standard InChI is InChI=1S/C17H22BNO9/c1-3-10(15(23)24)13(21)14(22)16(25)28-12-5-4-9(7-27-17(18)26)6-11(12)19-8(2)20/h4-6,10,13-14,16,21-22,25H,3,7H2,1-2H3,(H,19,20)(H,23,24). The minimum Gasteiger partial charge on any atom is -0.481 e. The van der Waals surface area contributed by atoms with Gasteiger partial charge < -0.3 is 35.2 Å². The van der Waals surface area contributed by atoms with Gasteiger partial charge in [0.15, 0.2) is 0 Å². The van der Waals surface area contributed by atoms with E-state index in [1.807, 2.05) is 0 Å². The van der Waals surface area contributed by atoms with Crippen LogP contribution in [0.2, 0.25) is 0 Å². The van der Waals surface area contributed by atoms with Gasteiger partial charge in [-0.15, -0.1) is 0 Å². The van der Waals surface area contributed by atoms with Crippen molar-refractivity contribution in [2.45, 2.75) is 45.4 Å².